The summed E-state index contributed by atoms with van der Waals surface area (Å²) in [5, 5.41) is 8.02. The van der Waals surface area contributed by atoms with Crippen molar-refractivity contribution in [1.82, 2.24) is 4.90 Å². The molecule has 0 bridgehead atoms. The van der Waals surface area contributed by atoms with Gasteiger partial charge in [0.25, 0.3) is 0 Å². The van der Waals surface area contributed by atoms with Crippen LogP contribution in [0, 0.1) is 0 Å². The summed E-state index contributed by atoms with van der Waals surface area (Å²) in [6.07, 6.45) is 3.80. The highest BCUT2D eigenvalue weighted by molar-refractivity contribution is 7.91. The average molecular weight is 219 g/mol. The van der Waals surface area contributed by atoms with Gasteiger partial charge in [0.2, 0.25) is 0 Å². The number of rotatable bonds is 4. The van der Waals surface area contributed by atoms with Gasteiger partial charge in [0, 0.05) is 32.0 Å². The van der Waals surface area contributed by atoms with E-state index in [1.54, 1.807) is 0 Å². The van der Waals surface area contributed by atoms with Crippen LogP contribution in [0.5, 0.6) is 0 Å². The molecule has 5 nitrogen and oxygen atoms in total. The lowest BCUT2D eigenvalue weighted by Gasteiger charge is -2.37. The number of carboxylic acids is 1. The van der Waals surface area contributed by atoms with Crippen molar-refractivity contribution in [3.8, 4) is 0 Å². The first kappa shape index (κ1) is 11.2. The van der Waals surface area contributed by atoms with Crippen LogP contribution in [0.3, 0.4) is 0 Å². The molecule has 0 atom stereocenters. The molecule has 1 aliphatic rings. The van der Waals surface area contributed by atoms with E-state index in [4.69, 9.17) is 5.11 Å². The maximum absolute atomic E-state index is 11.0. The molecule has 0 unspecified atom stereocenters. The summed E-state index contributed by atoms with van der Waals surface area (Å²) in [6.45, 7) is 1.50. The lowest BCUT2D eigenvalue weighted by molar-refractivity contribution is -0.131. The first-order chi connectivity index (χ1) is 6.39. The molecule has 1 rings (SSSR count). The molecule has 1 N–H and O–H groups in total. The minimum absolute atomic E-state index is 0.277. The Morgan fingerprint density at radius 2 is 2.14 bits per heavy atom. The molecule has 1 heterocycles. The minimum atomic E-state index is -2.92. The highest BCUT2D eigenvalue weighted by Gasteiger charge is 2.33. The summed E-state index contributed by atoms with van der Waals surface area (Å²) in [6, 6.07) is 0. The van der Waals surface area contributed by atoms with Gasteiger partial charge in [0.15, 0.2) is 9.84 Å². The van der Waals surface area contributed by atoms with Crippen molar-refractivity contribution >= 4 is 15.8 Å². The largest absolute Gasteiger partial charge is 0.478 e. The van der Waals surface area contributed by atoms with E-state index < -0.39 is 15.8 Å². The zero-order chi connectivity index (χ0) is 10.8. The van der Waals surface area contributed by atoms with E-state index in [-0.39, 0.29) is 5.25 Å². The smallest absolute Gasteiger partial charge is 0.328 e. The van der Waals surface area contributed by atoms with Gasteiger partial charge in [-0.3, -0.25) is 4.90 Å². The number of carboxylic acid groups (broad SMARTS) is 1. The average Bonchev–Trinajstić information content (AvgIpc) is 1.90. The fourth-order valence-corrected chi connectivity index (χ4v) is 2.21. The van der Waals surface area contributed by atoms with Gasteiger partial charge >= 0.3 is 5.97 Å². The highest BCUT2D eigenvalue weighted by Crippen LogP contribution is 2.14. The van der Waals surface area contributed by atoms with Gasteiger partial charge in [0.1, 0.15) is 0 Å². The SMILES string of the molecule is CS(=O)(=O)C1CN(C/C=C/C(=O)O)C1. The summed E-state index contributed by atoms with van der Waals surface area (Å²) in [4.78, 5) is 12.0. The Hall–Kier alpha value is -0.880. The first-order valence-electron chi connectivity index (χ1n) is 4.20. The molecular formula is C8H13NO4S. The minimum Gasteiger partial charge on any atom is -0.478 e. The molecule has 0 amide bonds. The summed E-state index contributed by atoms with van der Waals surface area (Å²) < 4.78 is 22.0. The molecule has 14 heavy (non-hydrogen) atoms. The first-order valence-corrected chi connectivity index (χ1v) is 6.16. The fourth-order valence-electron chi connectivity index (χ4n) is 1.24. The Morgan fingerprint density at radius 1 is 1.57 bits per heavy atom. The number of hydrogen-bond donors (Lipinski definition) is 1. The molecule has 1 aliphatic heterocycles. The predicted octanol–water partition coefficient (Wildman–Crippen LogP) is -0.644. The van der Waals surface area contributed by atoms with Crippen molar-refractivity contribution in [2.75, 3.05) is 25.9 Å². The van der Waals surface area contributed by atoms with Crippen LogP contribution in [-0.2, 0) is 14.6 Å². The molecule has 6 heteroatoms. The van der Waals surface area contributed by atoms with E-state index in [1.807, 2.05) is 4.90 Å². The van der Waals surface area contributed by atoms with Gasteiger partial charge in [-0.05, 0) is 0 Å². The molecule has 0 radical (unpaired) electrons. The summed E-state index contributed by atoms with van der Waals surface area (Å²) in [7, 11) is -2.92. The summed E-state index contributed by atoms with van der Waals surface area (Å²) >= 11 is 0. The number of likely N-dealkylation sites (tertiary alicyclic amines) is 1. The molecule has 0 aliphatic carbocycles. The molecule has 0 aromatic carbocycles. The molecule has 0 spiro atoms. The van der Waals surface area contributed by atoms with Crippen molar-refractivity contribution in [3.63, 3.8) is 0 Å². The van der Waals surface area contributed by atoms with Gasteiger partial charge in [-0.2, -0.15) is 0 Å². The van der Waals surface area contributed by atoms with Gasteiger partial charge in [-0.25, -0.2) is 13.2 Å². The highest BCUT2D eigenvalue weighted by atomic mass is 32.2. The van der Waals surface area contributed by atoms with Crippen LogP contribution in [0.15, 0.2) is 12.2 Å². The van der Waals surface area contributed by atoms with Crippen LogP contribution in [-0.4, -0.2) is 55.5 Å². The Morgan fingerprint density at radius 3 is 2.57 bits per heavy atom. The normalized spacial score (nSPS) is 19.8. The maximum Gasteiger partial charge on any atom is 0.328 e. The van der Waals surface area contributed by atoms with Crippen LogP contribution in [0.25, 0.3) is 0 Å². The lowest BCUT2D eigenvalue weighted by atomic mass is 10.2. The third kappa shape index (κ3) is 3.12. The maximum atomic E-state index is 11.0. The quantitative estimate of drug-likeness (QED) is 0.636. The second kappa shape index (κ2) is 4.10. The zero-order valence-corrected chi connectivity index (χ0v) is 8.70. The Kier molecular flexibility index (Phi) is 3.28. The van der Waals surface area contributed by atoms with Crippen LogP contribution >= 0.6 is 0 Å². The van der Waals surface area contributed by atoms with Crippen LogP contribution in [0.1, 0.15) is 0 Å². The lowest BCUT2D eigenvalue weighted by Crippen LogP contribution is -2.54. The number of nitrogens with zero attached hydrogens (tertiary/aromatic N) is 1. The van der Waals surface area contributed by atoms with E-state index in [0.717, 1.165) is 6.08 Å². The Labute approximate surface area is 82.9 Å². The molecule has 80 valence electrons. The third-order valence-electron chi connectivity index (χ3n) is 2.15. The molecule has 0 aromatic heterocycles. The molecule has 0 aromatic rings. The van der Waals surface area contributed by atoms with Crippen LogP contribution in [0.2, 0.25) is 0 Å². The molecular weight excluding hydrogens is 206 g/mol. The van der Waals surface area contributed by atoms with Crippen molar-refractivity contribution < 1.29 is 18.3 Å². The van der Waals surface area contributed by atoms with Crippen molar-refractivity contribution in [2.24, 2.45) is 0 Å². The second-order valence-corrected chi connectivity index (χ2v) is 5.74. The van der Waals surface area contributed by atoms with E-state index in [2.05, 4.69) is 0 Å². The van der Waals surface area contributed by atoms with E-state index in [0.29, 0.717) is 19.6 Å². The topological polar surface area (TPSA) is 74.7 Å². The van der Waals surface area contributed by atoms with Gasteiger partial charge in [0.05, 0.1) is 5.25 Å². The Bertz CT molecular complexity index is 340. The zero-order valence-electron chi connectivity index (χ0n) is 7.88. The summed E-state index contributed by atoms with van der Waals surface area (Å²) in [5.74, 6) is -0.981. The van der Waals surface area contributed by atoms with Gasteiger partial charge < -0.3 is 5.11 Å². The molecule has 0 saturated carbocycles. The number of carbonyl (C=O) groups is 1. The monoisotopic (exact) mass is 219 g/mol. The van der Waals surface area contributed by atoms with Crippen molar-refractivity contribution in [2.45, 2.75) is 5.25 Å². The van der Waals surface area contributed by atoms with Crippen molar-refractivity contribution in [1.29, 1.82) is 0 Å². The number of hydrogen-bond acceptors (Lipinski definition) is 4. The molecule has 1 fully saturated rings. The predicted molar refractivity (Wildman–Crippen MR) is 51.8 cm³/mol. The van der Waals surface area contributed by atoms with Gasteiger partial charge in [-0.15, -0.1) is 0 Å². The molecule has 1 saturated heterocycles. The third-order valence-corrected chi connectivity index (χ3v) is 3.66. The van der Waals surface area contributed by atoms with E-state index in [9.17, 15) is 13.2 Å². The van der Waals surface area contributed by atoms with Crippen LogP contribution < -0.4 is 0 Å². The van der Waals surface area contributed by atoms with Crippen molar-refractivity contribution in [3.05, 3.63) is 12.2 Å². The van der Waals surface area contributed by atoms with E-state index >= 15 is 0 Å². The number of aliphatic carboxylic acids is 1. The summed E-state index contributed by atoms with van der Waals surface area (Å²) in [5.41, 5.74) is 0. The standard InChI is InChI=1S/C8H13NO4S/c1-14(12,13)7-5-9(6-7)4-2-3-8(10)11/h2-3,7H,4-6H2,1H3,(H,10,11)/b3-2+. The number of sulfone groups is 1. The van der Waals surface area contributed by atoms with E-state index in [1.165, 1.54) is 12.3 Å². The van der Waals surface area contributed by atoms with Crippen LogP contribution in [0.4, 0.5) is 0 Å². The second-order valence-electron chi connectivity index (χ2n) is 3.41. The van der Waals surface area contributed by atoms with Gasteiger partial charge in [-0.1, -0.05) is 6.08 Å². The Balaban J connectivity index is 2.26. The fraction of sp³-hybridized carbons (Fsp3) is 0.625.